The second kappa shape index (κ2) is 4.68. The van der Waals surface area contributed by atoms with Crippen molar-refractivity contribution in [2.24, 2.45) is 0 Å². The SMILES string of the molecule is COC(C)c1sc(C=O)c(Br)c1Br. The molecule has 0 N–H and O–H groups in total. The molecule has 1 atom stereocenters. The van der Waals surface area contributed by atoms with Gasteiger partial charge in [0.05, 0.1) is 15.5 Å². The zero-order valence-corrected chi connectivity index (χ0v) is 11.1. The molecule has 0 bridgehead atoms. The normalized spacial score (nSPS) is 12.9. The molecule has 1 aromatic rings. The van der Waals surface area contributed by atoms with Crippen molar-refractivity contribution in [1.82, 2.24) is 0 Å². The lowest BCUT2D eigenvalue weighted by Crippen LogP contribution is -1.92. The van der Waals surface area contributed by atoms with Crippen LogP contribution in [0.15, 0.2) is 8.95 Å². The highest BCUT2D eigenvalue weighted by atomic mass is 79.9. The number of halogens is 2. The predicted octanol–water partition coefficient (Wildman–Crippen LogP) is 3.79. The average Bonchev–Trinajstić information content (AvgIpc) is 2.43. The Hall–Kier alpha value is 0.290. The van der Waals surface area contributed by atoms with E-state index < -0.39 is 0 Å². The summed E-state index contributed by atoms with van der Waals surface area (Å²) in [5.74, 6) is 0. The molecule has 0 saturated heterocycles. The summed E-state index contributed by atoms with van der Waals surface area (Å²) < 4.78 is 6.90. The average molecular weight is 328 g/mol. The molecule has 2 nitrogen and oxygen atoms in total. The van der Waals surface area contributed by atoms with E-state index in [1.54, 1.807) is 7.11 Å². The molecule has 0 fully saturated rings. The van der Waals surface area contributed by atoms with Gasteiger partial charge in [0.1, 0.15) is 0 Å². The lowest BCUT2D eigenvalue weighted by Gasteiger charge is -2.06. The third kappa shape index (κ3) is 2.21. The van der Waals surface area contributed by atoms with E-state index in [-0.39, 0.29) is 6.10 Å². The zero-order chi connectivity index (χ0) is 10.0. The lowest BCUT2D eigenvalue weighted by atomic mass is 10.3. The maximum Gasteiger partial charge on any atom is 0.161 e. The van der Waals surface area contributed by atoms with E-state index in [1.807, 2.05) is 6.92 Å². The molecule has 0 radical (unpaired) electrons. The molecule has 1 unspecified atom stereocenters. The van der Waals surface area contributed by atoms with E-state index in [1.165, 1.54) is 11.3 Å². The Morgan fingerprint density at radius 3 is 2.46 bits per heavy atom. The summed E-state index contributed by atoms with van der Waals surface area (Å²) in [4.78, 5) is 12.3. The van der Waals surface area contributed by atoms with Crippen LogP contribution >= 0.6 is 43.2 Å². The van der Waals surface area contributed by atoms with Gasteiger partial charge < -0.3 is 4.74 Å². The van der Waals surface area contributed by atoms with Gasteiger partial charge in [0, 0.05) is 16.5 Å². The minimum atomic E-state index is 0.00405. The molecule has 0 saturated carbocycles. The topological polar surface area (TPSA) is 26.3 Å². The first kappa shape index (κ1) is 11.4. The minimum absolute atomic E-state index is 0.00405. The van der Waals surface area contributed by atoms with Crippen LogP contribution < -0.4 is 0 Å². The number of hydrogen-bond donors (Lipinski definition) is 0. The van der Waals surface area contributed by atoms with Crippen molar-refractivity contribution in [3.8, 4) is 0 Å². The molecule has 0 aliphatic heterocycles. The molecular weight excluding hydrogens is 320 g/mol. The van der Waals surface area contributed by atoms with Gasteiger partial charge in [-0.3, -0.25) is 4.79 Å². The highest BCUT2D eigenvalue weighted by Crippen LogP contribution is 2.40. The molecule has 1 heterocycles. The van der Waals surface area contributed by atoms with Crippen LogP contribution in [-0.4, -0.2) is 13.4 Å². The fourth-order valence-electron chi connectivity index (χ4n) is 0.869. The minimum Gasteiger partial charge on any atom is -0.376 e. The maximum atomic E-state index is 10.6. The van der Waals surface area contributed by atoms with Gasteiger partial charge in [-0.25, -0.2) is 0 Å². The van der Waals surface area contributed by atoms with E-state index in [9.17, 15) is 4.79 Å². The maximum absolute atomic E-state index is 10.6. The number of carbonyl (C=O) groups is 1. The molecular formula is C8H8Br2O2S. The van der Waals surface area contributed by atoms with Gasteiger partial charge in [-0.2, -0.15) is 0 Å². The first-order chi connectivity index (χ1) is 6.11. The summed E-state index contributed by atoms with van der Waals surface area (Å²) in [6.45, 7) is 1.94. The molecule has 72 valence electrons. The number of ether oxygens (including phenoxy) is 1. The summed E-state index contributed by atoms with van der Waals surface area (Å²) in [5.41, 5.74) is 0. The molecule has 0 amide bonds. The fourth-order valence-corrected chi connectivity index (χ4v) is 3.39. The highest BCUT2D eigenvalue weighted by molar-refractivity contribution is 9.13. The standard InChI is InChI=1S/C8H8Br2O2S/c1-4(12-2)8-7(10)6(9)5(3-11)13-8/h3-4H,1-2H3. The quantitative estimate of drug-likeness (QED) is 0.789. The Labute approximate surface area is 97.5 Å². The third-order valence-electron chi connectivity index (χ3n) is 1.68. The Kier molecular flexibility index (Phi) is 4.09. The molecule has 0 aromatic carbocycles. The smallest absolute Gasteiger partial charge is 0.161 e. The molecule has 0 aliphatic rings. The van der Waals surface area contributed by atoms with Crippen molar-refractivity contribution in [2.75, 3.05) is 7.11 Å². The fraction of sp³-hybridized carbons (Fsp3) is 0.375. The first-order valence-corrected chi connectivity index (χ1v) is 5.97. The van der Waals surface area contributed by atoms with Crippen molar-refractivity contribution in [1.29, 1.82) is 0 Å². The largest absolute Gasteiger partial charge is 0.376 e. The summed E-state index contributed by atoms with van der Waals surface area (Å²) in [6, 6.07) is 0. The Morgan fingerprint density at radius 1 is 1.46 bits per heavy atom. The van der Waals surface area contributed by atoms with E-state index in [4.69, 9.17) is 4.74 Å². The Bertz CT molecular complexity index is 322. The molecule has 0 spiro atoms. The monoisotopic (exact) mass is 326 g/mol. The summed E-state index contributed by atoms with van der Waals surface area (Å²) in [6.07, 6.45) is 0.843. The van der Waals surface area contributed by atoms with Crippen LogP contribution in [0, 0.1) is 0 Å². The van der Waals surface area contributed by atoms with Gasteiger partial charge >= 0.3 is 0 Å². The highest BCUT2D eigenvalue weighted by Gasteiger charge is 2.17. The number of hydrogen-bond acceptors (Lipinski definition) is 3. The van der Waals surface area contributed by atoms with E-state index in [2.05, 4.69) is 31.9 Å². The summed E-state index contributed by atoms with van der Waals surface area (Å²) in [7, 11) is 1.64. The van der Waals surface area contributed by atoms with Crippen LogP contribution in [0.1, 0.15) is 27.6 Å². The zero-order valence-electron chi connectivity index (χ0n) is 7.14. The van der Waals surface area contributed by atoms with Crippen LogP contribution in [0.2, 0.25) is 0 Å². The van der Waals surface area contributed by atoms with Gasteiger partial charge in [0.15, 0.2) is 6.29 Å². The molecule has 13 heavy (non-hydrogen) atoms. The van der Waals surface area contributed by atoms with Crippen LogP contribution in [0.4, 0.5) is 0 Å². The summed E-state index contributed by atoms with van der Waals surface area (Å²) in [5, 5.41) is 0. The molecule has 1 aromatic heterocycles. The van der Waals surface area contributed by atoms with Gasteiger partial charge in [0.2, 0.25) is 0 Å². The number of aldehydes is 1. The van der Waals surface area contributed by atoms with Crippen LogP contribution in [0.3, 0.4) is 0 Å². The number of thiophene rings is 1. The molecule has 0 aliphatic carbocycles. The van der Waals surface area contributed by atoms with Gasteiger partial charge in [-0.05, 0) is 38.8 Å². The van der Waals surface area contributed by atoms with Crippen molar-refractivity contribution in [2.45, 2.75) is 13.0 Å². The van der Waals surface area contributed by atoms with Gasteiger partial charge in [-0.15, -0.1) is 11.3 Å². The van der Waals surface area contributed by atoms with Crippen LogP contribution in [0.25, 0.3) is 0 Å². The second-order valence-electron chi connectivity index (χ2n) is 2.45. The van der Waals surface area contributed by atoms with Crippen molar-refractivity contribution in [3.05, 3.63) is 18.7 Å². The van der Waals surface area contributed by atoms with Crippen LogP contribution in [-0.2, 0) is 4.74 Å². The van der Waals surface area contributed by atoms with Gasteiger partial charge in [0.25, 0.3) is 0 Å². The predicted molar refractivity (Wildman–Crippen MR) is 60.5 cm³/mol. The Balaban J connectivity index is 3.16. The number of carbonyl (C=O) groups excluding carboxylic acids is 1. The van der Waals surface area contributed by atoms with Crippen molar-refractivity contribution >= 4 is 49.5 Å². The van der Waals surface area contributed by atoms with E-state index >= 15 is 0 Å². The first-order valence-electron chi connectivity index (χ1n) is 3.57. The number of rotatable bonds is 3. The molecule has 1 rings (SSSR count). The third-order valence-corrected chi connectivity index (χ3v) is 5.66. The Morgan fingerprint density at radius 2 is 2.08 bits per heavy atom. The van der Waals surface area contributed by atoms with Gasteiger partial charge in [-0.1, -0.05) is 0 Å². The van der Waals surface area contributed by atoms with Crippen LogP contribution in [0.5, 0.6) is 0 Å². The van der Waals surface area contributed by atoms with Crippen molar-refractivity contribution < 1.29 is 9.53 Å². The summed E-state index contributed by atoms with van der Waals surface area (Å²) >= 11 is 8.18. The lowest BCUT2D eigenvalue weighted by molar-refractivity contribution is 0.112. The van der Waals surface area contributed by atoms with E-state index in [0.29, 0.717) is 4.88 Å². The molecule has 5 heteroatoms. The van der Waals surface area contributed by atoms with E-state index in [0.717, 1.165) is 20.1 Å². The van der Waals surface area contributed by atoms with Crippen molar-refractivity contribution in [3.63, 3.8) is 0 Å². The number of methoxy groups -OCH3 is 1. The second-order valence-corrected chi connectivity index (χ2v) is 5.12.